The molecule has 7 heteroatoms. The van der Waals surface area contributed by atoms with Crippen LogP contribution in [0.15, 0.2) is 35.5 Å². The summed E-state index contributed by atoms with van der Waals surface area (Å²) >= 11 is 0. The molecule has 0 fully saturated rings. The SMILES string of the molecule is CCn1cc(NS(=O)(=O)c2cccc(CNC)c2C)cn1. The Labute approximate surface area is 125 Å². The molecule has 0 bridgehead atoms. The van der Waals surface area contributed by atoms with E-state index in [0.717, 1.165) is 11.1 Å². The largest absolute Gasteiger partial charge is 0.316 e. The topological polar surface area (TPSA) is 76.0 Å². The summed E-state index contributed by atoms with van der Waals surface area (Å²) < 4.78 is 29.3. The first-order chi connectivity index (χ1) is 9.97. The van der Waals surface area contributed by atoms with Crippen molar-refractivity contribution >= 4 is 15.7 Å². The first-order valence-corrected chi connectivity index (χ1v) is 8.24. The van der Waals surface area contributed by atoms with E-state index in [1.165, 1.54) is 6.20 Å². The lowest BCUT2D eigenvalue weighted by Crippen LogP contribution is -2.16. The van der Waals surface area contributed by atoms with Crippen LogP contribution in [0.2, 0.25) is 0 Å². The van der Waals surface area contributed by atoms with E-state index in [-0.39, 0.29) is 0 Å². The summed E-state index contributed by atoms with van der Waals surface area (Å²) in [5.74, 6) is 0. The van der Waals surface area contributed by atoms with Crippen LogP contribution in [0.5, 0.6) is 0 Å². The Morgan fingerprint density at radius 3 is 2.71 bits per heavy atom. The molecule has 0 saturated carbocycles. The molecule has 2 N–H and O–H groups in total. The van der Waals surface area contributed by atoms with Crippen molar-refractivity contribution in [3.8, 4) is 0 Å². The number of sulfonamides is 1. The quantitative estimate of drug-likeness (QED) is 0.852. The van der Waals surface area contributed by atoms with Gasteiger partial charge < -0.3 is 5.32 Å². The predicted octanol–water partition coefficient (Wildman–Crippen LogP) is 1.73. The first-order valence-electron chi connectivity index (χ1n) is 6.76. The smallest absolute Gasteiger partial charge is 0.262 e. The van der Waals surface area contributed by atoms with Gasteiger partial charge in [0.15, 0.2) is 0 Å². The van der Waals surface area contributed by atoms with Crippen LogP contribution in [0.25, 0.3) is 0 Å². The van der Waals surface area contributed by atoms with Gasteiger partial charge in [-0.2, -0.15) is 5.10 Å². The molecule has 2 rings (SSSR count). The Bertz CT molecular complexity index is 722. The standard InChI is InChI=1S/C14H20N4O2S/c1-4-18-10-13(9-16-18)17-21(19,20)14-7-5-6-12(8-15-3)11(14)2/h5-7,9-10,15,17H,4,8H2,1-3H3. The van der Waals surface area contributed by atoms with Crippen molar-refractivity contribution in [2.24, 2.45) is 0 Å². The molecule has 0 unspecified atom stereocenters. The van der Waals surface area contributed by atoms with Crippen LogP contribution in [0.1, 0.15) is 18.1 Å². The number of anilines is 1. The molecule has 1 aromatic heterocycles. The van der Waals surface area contributed by atoms with Gasteiger partial charge >= 0.3 is 0 Å². The highest BCUT2D eigenvalue weighted by molar-refractivity contribution is 7.92. The second kappa shape index (κ2) is 6.28. The Morgan fingerprint density at radius 1 is 1.33 bits per heavy atom. The lowest BCUT2D eigenvalue weighted by molar-refractivity contribution is 0.600. The molecular weight excluding hydrogens is 288 g/mol. The summed E-state index contributed by atoms with van der Waals surface area (Å²) in [6.45, 7) is 5.08. The van der Waals surface area contributed by atoms with Crippen molar-refractivity contribution in [2.75, 3.05) is 11.8 Å². The van der Waals surface area contributed by atoms with Crippen LogP contribution in [-0.4, -0.2) is 25.2 Å². The molecular formula is C14H20N4O2S. The fourth-order valence-corrected chi connectivity index (χ4v) is 3.45. The van der Waals surface area contributed by atoms with E-state index in [0.29, 0.717) is 23.7 Å². The Hall–Kier alpha value is -1.86. The number of rotatable bonds is 6. The van der Waals surface area contributed by atoms with Gasteiger partial charge in [-0.1, -0.05) is 12.1 Å². The first kappa shape index (κ1) is 15.5. The van der Waals surface area contributed by atoms with E-state index in [1.807, 2.05) is 27.0 Å². The maximum atomic E-state index is 12.5. The molecule has 0 aliphatic heterocycles. The van der Waals surface area contributed by atoms with E-state index >= 15 is 0 Å². The highest BCUT2D eigenvalue weighted by Crippen LogP contribution is 2.21. The molecule has 0 atom stereocenters. The maximum absolute atomic E-state index is 12.5. The average molecular weight is 308 g/mol. The van der Waals surface area contributed by atoms with Gasteiger partial charge in [-0.3, -0.25) is 9.40 Å². The number of aryl methyl sites for hydroxylation is 1. The number of aromatic nitrogens is 2. The van der Waals surface area contributed by atoms with Crippen molar-refractivity contribution in [2.45, 2.75) is 31.8 Å². The third-order valence-corrected chi connectivity index (χ3v) is 4.79. The van der Waals surface area contributed by atoms with Gasteiger partial charge in [-0.25, -0.2) is 8.42 Å². The van der Waals surface area contributed by atoms with Crippen LogP contribution < -0.4 is 10.0 Å². The molecule has 0 aliphatic rings. The molecule has 0 saturated heterocycles. The fraction of sp³-hybridized carbons (Fsp3) is 0.357. The molecule has 0 spiro atoms. The number of nitrogens with one attached hydrogen (secondary N) is 2. The van der Waals surface area contributed by atoms with E-state index in [9.17, 15) is 8.42 Å². The summed E-state index contributed by atoms with van der Waals surface area (Å²) in [7, 11) is -1.78. The molecule has 0 amide bonds. The minimum absolute atomic E-state index is 0.291. The van der Waals surface area contributed by atoms with Gasteiger partial charge in [-0.15, -0.1) is 0 Å². The van der Waals surface area contributed by atoms with Crippen LogP contribution >= 0.6 is 0 Å². The Kier molecular flexibility index (Phi) is 4.64. The highest BCUT2D eigenvalue weighted by atomic mass is 32.2. The zero-order valence-electron chi connectivity index (χ0n) is 12.4. The van der Waals surface area contributed by atoms with E-state index in [4.69, 9.17) is 0 Å². The van der Waals surface area contributed by atoms with Gasteiger partial charge in [-0.05, 0) is 38.1 Å². The van der Waals surface area contributed by atoms with Crippen molar-refractivity contribution in [1.29, 1.82) is 0 Å². The zero-order chi connectivity index (χ0) is 15.5. The normalized spacial score (nSPS) is 11.6. The summed E-state index contributed by atoms with van der Waals surface area (Å²) in [4.78, 5) is 0.291. The number of nitrogens with zero attached hydrogens (tertiary/aromatic N) is 2. The van der Waals surface area contributed by atoms with Crippen LogP contribution in [0.3, 0.4) is 0 Å². The zero-order valence-corrected chi connectivity index (χ0v) is 13.2. The molecule has 114 valence electrons. The molecule has 21 heavy (non-hydrogen) atoms. The number of hydrogen-bond donors (Lipinski definition) is 2. The monoisotopic (exact) mass is 308 g/mol. The summed E-state index contributed by atoms with van der Waals surface area (Å²) in [6.07, 6.45) is 3.18. The van der Waals surface area contributed by atoms with Gasteiger partial charge in [0.05, 0.1) is 16.8 Å². The van der Waals surface area contributed by atoms with Gasteiger partial charge in [0.2, 0.25) is 0 Å². The summed E-state index contributed by atoms with van der Waals surface area (Å²) in [6, 6.07) is 5.28. The molecule has 1 aromatic carbocycles. The maximum Gasteiger partial charge on any atom is 0.262 e. The minimum atomic E-state index is -3.61. The van der Waals surface area contributed by atoms with E-state index in [1.54, 1.807) is 23.0 Å². The van der Waals surface area contributed by atoms with Gasteiger partial charge in [0.1, 0.15) is 0 Å². The minimum Gasteiger partial charge on any atom is -0.316 e. The summed E-state index contributed by atoms with van der Waals surface area (Å²) in [5, 5.41) is 7.10. The molecule has 1 heterocycles. The average Bonchev–Trinajstić information content (AvgIpc) is 2.88. The van der Waals surface area contributed by atoms with E-state index < -0.39 is 10.0 Å². The highest BCUT2D eigenvalue weighted by Gasteiger charge is 2.19. The second-order valence-electron chi connectivity index (χ2n) is 4.76. The third kappa shape index (κ3) is 3.43. The number of hydrogen-bond acceptors (Lipinski definition) is 4. The Balaban J connectivity index is 2.33. The fourth-order valence-electron chi connectivity index (χ4n) is 2.13. The van der Waals surface area contributed by atoms with Crippen LogP contribution in [-0.2, 0) is 23.1 Å². The predicted molar refractivity (Wildman–Crippen MR) is 82.7 cm³/mol. The van der Waals surface area contributed by atoms with Crippen LogP contribution in [0.4, 0.5) is 5.69 Å². The molecule has 0 aliphatic carbocycles. The number of benzene rings is 1. The molecule has 2 aromatic rings. The van der Waals surface area contributed by atoms with Crippen molar-refractivity contribution in [3.63, 3.8) is 0 Å². The van der Waals surface area contributed by atoms with Crippen LogP contribution in [0, 0.1) is 6.92 Å². The molecule has 0 radical (unpaired) electrons. The van der Waals surface area contributed by atoms with Crippen molar-refractivity contribution in [3.05, 3.63) is 41.7 Å². The third-order valence-electron chi connectivity index (χ3n) is 3.26. The van der Waals surface area contributed by atoms with Gasteiger partial charge in [0.25, 0.3) is 10.0 Å². The van der Waals surface area contributed by atoms with Gasteiger partial charge in [0, 0.05) is 19.3 Å². The van der Waals surface area contributed by atoms with E-state index in [2.05, 4.69) is 15.1 Å². The lowest BCUT2D eigenvalue weighted by atomic mass is 10.1. The molecule has 6 nitrogen and oxygen atoms in total. The van der Waals surface area contributed by atoms with Crippen molar-refractivity contribution in [1.82, 2.24) is 15.1 Å². The Morgan fingerprint density at radius 2 is 2.10 bits per heavy atom. The second-order valence-corrected chi connectivity index (χ2v) is 6.41. The summed E-state index contributed by atoms with van der Waals surface area (Å²) in [5.41, 5.74) is 2.18. The lowest BCUT2D eigenvalue weighted by Gasteiger charge is -2.12. The van der Waals surface area contributed by atoms with Crippen molar-refractivity contribution < 1.29 is 8.42 Å².